The third kappa shape index (κ3) is 1.46. The van der Waals surface area contributed by atoms with E-state index in [-0.39, 0.29) is 4.92 Å². The molecule has 0 aromatic carbocycles. The zero-order valence-electron chi connectivity index (χ0n) is 7.17. The molecule has 1 atom stereocenters. The summed E-state index contributed by atoms with van der Waals surface area (Å²) in [4.78, 5) is 11.7. The van der Waals surface area contributed by atoms with Crippen LogP contribution in [0.5, 0.6) is 0 Å². The van der Waals surface area contributed by atoms with Gasteiger partial charge in [0.05, 0.1) is 4.92 Å². The lowest BCUT2D eigenvalue weighted by Gasteiger charge is -2.19. The molecule has 1 aliphatic heterocycles. The Balaban J connectivity index is 2.63. The maximum atomic E-state index is 10.5. The summed E-state index contributed by atoms with van der Waals surface area (Å²) in [6.07, 6.45) is 1.52. The largest absolute Gasteiger partial charge is 0.383 e. The molecule has 0 bridgehead atoms. The molecule has 1 heterocycles. The van der Waals surface area contributed by atoms with Gasteiger partial charge in [0.25, 0.3) is 0 Å². The van der Waals surface area contributed by atoms with Gasteiger partial charge in [0, 0.05) is 13.6 Å². The van der Waals surface area contributed by atoms with E-state index in [1.807, 2.05) is 6.92 Å². The molecule has 1 rings (SSSR count). The predicted octanol–water partition coefficient (Wildman–Crippen LogP) is 0.147. The Hall–Kier alpha value is -1.33. The molecule has 0 fully saturated rings. The van der Waals surface area contributed by atoms with E-state index in [1.54, 1.807) is 7.05 Å². The van der Waals surface area contributed by atoms with E-state index in [1.165, 1.54) is 16.2 Å². The standard InChI is InChI=1S/C6H12N4O2/c1-3-4-9-6(10(11)12)8(2)5-7-9/h5-6H,3-4H2,1-2H3. The number of nitro groups is 1. The summed E-state index contributed by atoms with van der Waals surface area (Å²) in [6.45, 7) is 2.58. The van der Waals surface area contributed by atoms with Gasteiger partial charge >= 0.3 is 6.29 Å². The number of hydrogen-bond acceptors (Lipinski definition) is 5. The molecule has 6 nitrogen and oxygen atoms in total. The molecule has 12 heavy (non-hydrogen) atoms. The van der Waals surface area contributed by atoms with Crippen molar-refractivity contribution >= 4 is 6.34 Å². The van der Waals surface area contributed by atoms with Crippen LogP contribution in [-0.2, 0) is 0 Å². The number of hydrogen-bond donors (Lipinski definition) is 0. The minimum Gasteiger partial charge on any atom is -0.282 e. The molecule has 0 radical (unpaired) electrons. The molecule has 0 N–H and O–H groups in total. The van der Waals surface area contributed by atoms with Gasteiger partial charge in [0.2, 0.25) is 0 Å². The molecule has 0 spiro atoms. The topological polar surface area (TPSA) is 62.0 Å². The van der Waals surface area contributed by atoms with E-state index >= 15 is 0 Å². The summed E-state index contributed by atoms with van der Waals surface area (Å²) in [5.41, 5.74) is 0. The van der Waals surface area contributed by atoms with Crippen LogP contribution < -0.4 is 0 Å². The number of hydrazone groups is 1. The van der Waals surface area contributed by atoms with Gasteiger partial charge in [-0.25, -0.2) is 5.01 Å². The van der Waals surface area contributed by atoms with Crippen LogP contribution >= 0.6 is 0 Å². The van der Waals surface area contributed by atoms with Crippen LogP contribution in [0.3, 0.4) is 0 Å². The molecule has 0 saturated heterocycles. The van der Waals surface area contributed by atoms with Gasteiger partial charge in [-0.3, -0.25) is 15.0 Å². The van der Waals surface area contributed by atoms with Crippen LogP contribution in [0.15, 0.2) is 5.10 Å². The number of nitrogens with zero attached hydrogens (tertiary/aromatic N) is 4. The van der Waals surface area contributed by atoms with Crippen molar-refractivity contribution in [3.8, 4) is 0 Å². The Morgan fingerprint density at radius 1 is 1.75 bits per heavy atom. The Bertz CT molecular complexity index is 206. The number of rotatable bonds is 3. The summed E-state index contributed by atoms with van der Waals surface area (Å²) in [5, 5.41) is 15.9. The molecule has 0 aromatic heterocycles. The molecule has 0 aromatic rings. The minimum absolute atomic E-state index is 0.345. The maximum absolute atomic E-state index is 10.5. The quantitative estimate of drug-likeness (QED) is 0.449. The monoisotopic (exact) mass is 172 g/mol. The second kappa shape index (κ2) is 3.38. The lowest BCUT2D eigenvalue weighted by atomic mass is 10.5. The highest BCUT2D eigenvalue weighted by atomic mass is 16.6. The van der Waals surface area contributed by atoms with Crippen LogP contribution in [0.1, 0.15) is 13.3 Å². The molecule has 1 unspecified atom stereocenters. The van der Waals surface area contributed by atoms with Gasteiger partial charge in [-0.1, -0.05) is 6.92 Å². The van der Waals surface area contributed by atoms with Crippen molar-refractivity contribution in [2.45, 2.75) is 19.6 Å². The summed E-state index contributed by atoms with van der Waals surface area (Å²) in [6, 6.07) is 0. The molecular formula is C6H12N4O2. The van der Waals surface area contributed by atoms with E-state index in [2.05, 4.69) is 5.10 Å². The molecule has 0 saturated carbocycles. The second-order valence-corrected chi connectivity index (χ2v) is 2.69. The molecule has 1 aliphatic rings. The average Bonchev–Trinajstić information content (AvgIpc) is 2.32. The van der Waals surface area contributed by atoms with Crippen LogP contribution in [-0.4, -0.2) is 41.1 Å². The van der Waals surface area contributed by atoms with Crippen molar-refractivity contribution in [3.63, 3.8) is 0 Å². The maximum Gasteiger partial charge on any atom is 0.383 e. The first kappa shape index (κ1) is 8.76. The van der Waals surface area contributed by atoms with E-state index in [9.17, 15) is 10.1 Å². The van der Waals surface area contributed by atoms with Gasteiger partial charge < -0.3 is 0 Å². The van der Waals surface area contributed by atoms with Gasteiger partial charge in [0.1, 0.15) is 6.34 Å². The van der Waals surface area contributed by atoms with Crippen LogP contribution in [0.2, 0.25) is 0 Å². The first-order valence-electron chi connectivity index (χ1n) is 3.83. The molecular weight excluding hydrogens is 160 g/mol. The van der Waals surface area contributed by atoms with Crippen molar-refractivity contribution in [3.05, 3.63) is 10.1 Å². The fourth-order valence-corrected chi connectivity index (χ4v) is 1.14. The Kier molecular flexibility index (Phi) is 2.47. The zero-order valence-corrected chi connectivity index (χ0v) is 7.17. The fourth-order valence-electron chi connectivity index (χ4n) is 1.14. The molecule has 0 aliphatic carbocycles. The fraction of sp³-hybridized carbons (Fsp3) is 0.833. The third-order valence-corrected chi connectivity index (χ3v) is 1.65. The summed E-state index contributed by atoms with van der Waals surface area (Å²) in [5.74, 6) is 0. The highest BCUT2D eigenvalue weighted by Gasteiger charge is 2.34. The molecule has 68 valence electrons. The Morgan fingerprint density at radius 2 is 2.42 bits per heavy atom. The SMILES string of the molecule is CCCN1N=CN(C)C1[N+](=O)[O-]. The summed E-state index contributed by atoms with van der Waals surface area (Å²) in [7, 11) is 1.65. The highest BCUT2D eigenvalue weighted by molar-refractivity contribution is 5.55. The van der Waals surface area contributed by atoms with Gasteiger partial charge in [-0.2, -0.15) is 5.10 Å². The van der Waals surface area contributed by atoms with Crippen molar-refractivity contribution < 1.29 is 4.92 Å². The lowest BCUT2D eigenvalue weighted by Crippen LogP contribution is -2.43. The zero-order chi connectivity index (χ0) is 9.14. The summed E-state index contributed by atoms with van der Waals surface area (Å²) >= 11 is 0. The van der Waals surface area contributed by atoms with Gasteiger partial charge in [-0.05, 0) is 6.42 Å². The van der Waals surface area contributed by atoms with Crippen molar-refractivity contribution in [2.24, 2.45) is 5.10 Å². The van der Waals surface area contributed by atoms with Crippen LogP contribution in [0.25, 0.3) is 0 Å². The third-order valence-electron chi connectivity index (χ3n) is 1.65. The Labute approximate surface area is 70.6 Å². The summed E-state index contributed by atoms with van der Waals surface area (Å²) < 4.78 is 0. The minimum atomic E-state index is -0.815. The smallest absolute Gasteiger partial charge is 0.282 e. The van der Waals surface area contributed by atoms with Crippen molar-refractivity contribution in [2.75, 3.05) is 13.6 Å². The predicted molar refractivity (Wildman–Crippen MR) is 44.0 cm³/mol. The van der Waals surface area contributed by atoms with Crippen LogP contribution in [0.4, 0.5) is 0 Å². The van der Waals surface area contributed by atoms with E-state index in [0.29, 0.717) is 6.54 Å². The first-order chi connectivity index (χ1) is 5.66. The highest BCUT2D eigenvalue weighted by Crippen LogP contribution is 2.10. The van der Waals surface area contributed by atoms with E-state index in [4.69, 9.17) is 0 Å². The Morgan fingerprint density at radius 3 is 2.92 bits per heavy atom. The van der Waals surface area contributed by atoms with Crippen LogP contribution in [0, 0.1) is 10.1 Å². The van der Waals surface area contributed by atoms with Crippen molar-refractivity contribution in [1.82, 2.24) is 9.91 Å². The second-order valence-electron chi connectivity index (χ2n) is 2.69. The average molecular weight is 172 g/mol. The molecule has 0 amide bonds. The molecule has 6 heteroatoms. The van der Waals surface area contributed by atoms with Gasteiger partial charge in [-0.15, -0.1) is 0 Å². The van der Waals surface area contributed by atoms with E-state index in [0.717, 1.165) is 6.42 Å². The van der Waals surface area contributed by atoms with E-state index < -0.39 is 6.29 Å². The van der Waals surface area contributed by atoms with Crippen molar-refractivity contribution in [1.29, 1.82) is 0 Å². The van der Waals surface area contributed by atoms with Gasteiger partial charge in [0.15, 0.2) is 0 Å². The first-order valence-corrected chi connectivity index (χ1v) is 3.83. The normalized spacial score (nSPS) is 22.0. The lowest BCUT2D eigenvalue weighted by molar-refractivity contribution is -0.569.